The third kappa shape index (κ3) is 2.25. The van der Waals surface area contributed by atoms with Gasteiger partial charge in [-0.05, 0) is 23.8 Å². The second-order valence-electron chi connectivity index (χ2n) is 4.00. The van der Waals surface area contributed by atoms with E-state index >= 15 is 0 Å². The maximum atomic E-state index is 11.3. The first-order valence-corrected chi connectivity index (χ1v) is 7.75. The Hall–Kier alpha value is -1.77. The summed E-state index contributed by atoms with van der Waals surface area (Å²) in [5.74, 6) is 0. The van der Waals surface area contributed by atoms with Crippen LogP contribution in [0.1, 0.15) is 5.56 Å². The molecule has 0 bridgehead atoms. The van der Waals surface area contributed by atoms with Gasteiger partial charge in [0, 0.05) is 18.1 Å². The first-order valence-electron chi connectivity index (χ1n) is 5.43. The van der Waals surface area contributed by atoms with Gasteiger partial charge in [0.2, 0.25) is 15.2 Å². The van der Waals surface area contributed by atoms with Crippen molar-refractivity contribution in [1.29, 1.82) is 0 Å². The smallest absolute Gasteiger partial charge is 0.238 e. The summed E-state index contributed by atoms with van der Waals surface area (Å²) in [7, 11) is -3.69. The molecule has 19 heavy (non-hydrogen) atoms. The molecule has 0 aliphatic carbocycles. The zero-order valence-corrected chi connectivity index (χ0v) is 11.4. The normalized spacial score (nSPS) is 14.5. The Morgan fingerprint density at radius 3 is 2.89 bits per heavy atom. The molecule has 0 atom stereocenters. The predicted octanol–water partition coefficient (Wildman–Crippen LogP) is 1.35. The van der Waals surface area contributed by atoms with Gasteiger partial charge < -0.3 is 4.90 Å². The highest BCUT2D eigenvalue weighted by Crippen LogP contribution is 2.33. The van der Waals surface area contributed by atoms with Crippen LogP contribution in [-0.4, -0.2) is 24.3 Å². The van der Waals surface area contributed by atoms with Gasteiger partial charge in [0.05, 0.1) is 10.6 Å². The van der Waals surface area contributed by atoms with Crippen molar-refractivity contribution in [1.82, 2.24) is 9.36 Å². The van der Waals surface area contributed by atoms with E-state index in [-0.39, 0.29) is 4.90 Å². The Labute approximate surface area is 114 Å². The summed E-state index contributed by atoms with van der Waals surface area (Å²) in [5.41, 5.74) is 1.69. The Bertz CT molecular complexity index is 738. The van der Waals surface area contributed by atoms with E-state index in [1.54, 1.807) is 12.1 Å². The maximum Gasteiger partial charge on any atom is 0.238 e. The number of benzene rings is 1. The Balaban J connectivity index is 2.10. The van der Waals surface area contributed by atoms with Gasteiger partial charge in [-0.3, -0.25) is 0 Å². The second kappa shape index (κ2) is 4.41. The number of aromatic nitrogens is 2. The van der Waals surface area contributed by atoms with Crippen molar-refractivity contribution in [3.05, 3.63) is 36.2 Å². The van der Waals surface area contributed by atoms with E-state index < -0.39 is 10.0 Å². The lowest BCUT2D eigenvalue weighted by Gasteiger charge is -2.25. The second-order valence-corrected chi connectivity index (χ2v) is 6.32. The monoisotopic (exact) mass is 294 g/mol. The fourth-order valence-corrected chi connectivity index (χ4v) is 3.04. The molecule has 1 aliphatic heterocycles. The number of rotatable bonds is 2. The zero-order valence-electron chi connectivity index (χ0n) is 9.72. The molecule has 0 spiro atoms. The molecular weight excluding hydrogens is 284 g/mol. The van der Waals surface area contributed by atoms with Gasteiger partial charge in [0.1, 0.15) is 6.33 Å². The quantitative estimate of drug-likeness (QED) is 0.903. The van der Waals surface area contributed by atoms with Crippen LogP contribution < -0.4 is 10.0 Å². The van der Waals surface area contributed by atoms with E-state index in [1.807, 2.05) is 17.1 Å². The van der Waals surface area contributed by atoms with Gasteiger partial charge in [0.15, 0.2) is 0 Å². The minimum Gasteiger partial charge on any atom is -0.312 e. The average molecular weight is 294 g/mol. The zero-order chi connectivity index (χ0) is 13.5. The number of sulfonamides is 1. The van der Waals surface area contributed by atoms with E-state index in [9.17, 15) is 8.42 Å². The van der Waals surface area contributed by atoms with Crippen molar-refractivity contribution < 1.29 is 8.42 Å². The largest absolute Gasteiger partial charge is 0.312 e. The van der Waals surface area contributed by atoms with Gasteiger partial charge in [0.25, 0.3) is 0 Å². The van der Waals surface area contributed by atoms with E-state index in [0.717, 1.165) is 16.4 Å². The number of hydrogen-bond acceptors (Lipinski definition) is 6. The average Bonchev–Trinajstić information content (AvgIpc) is 2.90. The fraction of sp³-hybridized carbons (Fsp3) is 0.0909. The molecule has 0 unspecified atom stereocenters. The molecule has 0 radical (unpaired) electrons. The number of primary sulfonamides is 1. The highest BCUT2D eigenvalue weighted by Gasteiger charge is 2.19. The first-order chi connectivity index (χ1) is 9.05. The molecule has 1 aromatic heterocycles. The van der Waals surface area contributed by atoms with Gasteiger partial charge in [-0.25, -0.2) is 18.5 Å². The van der Waals surface area contributed by atoms with Crippen molar-refractivity contribution in [2.75, 3.05) is 11.4 Å². The van der Waals surface area contributed by atoms with Gasteiger partial charge in [-0.2, -0.15) is 4.37 Å². The van der Waals surface area contributed by atoms with Crippen LogP contribution in [0.15, 0.2) is 35.5 Å². The molecule has 0 fully saturated rings. The molecule has 2 N–H and O–H groups in total. The van der Waals surface area contributed by atoms with Gasteiger partial charge in [-0.1, -0.05) is 12.2 Å². The van der Waals surface area contributed by atoms with E-state index in [4.69, 9.17) is 5.14 Å². The number of fused-ring (bicyclic) bond motifs is 1. The lowest BCUT2D eigenvalue weighted by molar-refractivity contribution is 0.598. The van der Waals surface area contributed by atoms with Crippen LogP contribution >= 0.6 is 11.5 Å². The molecule has 98 valence electrons. The van der Waals surface area contributed by atoms with Crippen LogP contribution in [0.4, 0.5) is 10.8 Å². The molecule has 0 amide bonds. The van der Waals surface area contributed by atoms with E-state index in [0.29, 0.717) is 6.54 Å². The summed E-state index contributed by atoms with van der Waals surface area (Å²) in [6.45, 7) is 0.677. The van der Waals surface area contributed by atoms with Gasteiger partial charge in [-0.15, -0.1) is 0 Å². The highest BCUT2D eigenvalue weighted by molar-refractivity contribution is 7.89. The molecular formula is C11H10N4O2S2. The number of anilines is 2. The first kappa shape index (κ1) is 12.3. The summed E-state index contributed by atoms with van der Waals surface area (Å²) in [5, 5.41) is 5.91. The molecule has 0 saturated heterocycles. The van der Waals surface area contributed by atoms with Crippen molar-refractivity contribution >= 4 is 38.5 Å². The standard InChI is InChI=1S/C11H10N4O2S2/c12-19(16,17)9-3-4-10-8(6-9)2-1-5-15(10)11-13-7-14-18-11/h1-4,6-7H,5H2,(H2,12,16,17). The molecule has 1 aromatic carbocycles. The van der Waals surface area contributed by atoms with Crippen molar-refractivity contribution in [3.8, 4) is 0 Å². The molecule has 1 aliphatic rings. The highest BCUT2D eigenvalue weighted by atomic mass is 32.2. The van der Waals surface area contributed by atoms with Crippen LogP contribution in [0.2, 0.25) is 0 Å². The summed E-state index contributed by atoms with van der Waals surface area (Å²) in [6, 6.07) is 4.80. The molecule has 2 aromatic rings. The summed E-state index contributed by atoms with van der Waals surface area (Å²) in [6.07, 6.45) is 5.31. The van der Waals surface area contributed by atoms with Gasteiger partial charge >= 0.3 is 0 Å². The van der Waals surface area contributed by atoms with Crippen molar-refractivity contribution in [2.45, 2.75) is 4.90 Å². The Morgan fingerprint density at radius 1 is 1.37 bits per heavy atom. The lowest BCUT2D eigenvalue weighted by atomic mass is 10.1. The SMILES string of the molecule is NS(=O)(=O)c1ccc2c(c1)C=CCN2c1ncns1. The van der Waals surface area contributed by atoms with Crippen molar-refractivity contribution in [2.24, 2.45) is 5.14 Å². The maximum absolute atomic E-state index is 11.3. The minimum atomic E-state index is -3.69. The number of hydrogen-bond donors (Lipinski definition) is 1. The molecule has 0 saturated carbocycles. The number of nitrogens with zero attached hydrogens (tertiary/aromatic N) is 3. The van der Waals surface area contributed by atoms with E-state index in [2.05, 4.69) is 9.36 Å². The van der Waals surface area contributed by atoms with Crippen LogP contribution in [0.25, 0.3) is 6.08 Å². The topological polar surface area (TPSA) is 89.2 Å². The Kier molecular flexibility index (Phi) is 2.85. The summed E-state index contributed by atoms with van der Waals surface area (Å²) in [4.78, 5) is 6.25. The molecule has 3 rings (SSSR count). The molecule has 8 heteroatoms. The van der Waals surface area contributed by atoms with Crippen molar-refractivity contribution in [3.63, 3.8) is 0 Å². The molecule has 6 nitrogen and oxygen atoms in total. The predicted molar refractivity (Wildman–Crippen MR) is 73.8 cm³/mol. The van der Waals surface area contributed by atoms with Crippen LogP contribution in [0, 0.1) is 0 Å². The van der Waals surface area contributed by atoms with Crippen LogP contribution in [0.3, 0.4) is 0 Å². The lowest BCUT2D eigenvalue weighted by Crippen LogP contribution is -2.21. The summed E-state index contributed by atoms with van der Waals surface area (Å²) < 4.78 is 26.7. The van der Waals surface area contributed by atoms with Crippen LogP contribution in [-0.2, 0) is 10.0 Å². The fourth-order valence-electron chi connectivity index (χ4n) is 1.94. The minimum absolute atomic E-state index is 0.106. The molecule has 2 heterocycles. The summed E-state index contributed by atoms with van der Waals surface area (Å²) >= 11 is 1.29. The third-order valence-electron chi connectivity index (χ3n) is 2.78. The Morgan fingerprint density at radius 2 is 2.21 bits per heavy atom. The number of nitrogens with two attached hydrogens (primary N) is 1. The van der Waals surface area contributed by atoms with E-state index in [1.165, 1.54) is 23.9 Å². The third-order valence-corrected chi connectivity index (χ3v) is 4.38. The van der Waals surface area contributed by atoms with Crippen LogP contribution in [0.5, 0.6) is 0 Å².